The second-order valence-corrected chi connectivity index (χ2v) is 50.4. The summed E-state index contributed by atoms with van der Waals surface area (Å²) in [4.78, 5) is 16.4. The highest BCUT2D eigenvalue weighted by Gasteiger charge is 2.66. The summed E-state index contributed by atoms with van der Waals surface area (Å²) in [5.74, 6) is 0. The monoisotopic (exact) mass is 395 g/mol. The molecule has 0 amide bonds. The minimum atomic E-state index is -2.07. The summed E-state index contributed by atoms with van der Waals surface area (Å²) in [5.41, 5.74) is 2.08. The van der Waals surface area contributed by atoms with Crippen LogP contribution in [0.4, 0.5) is 5.69 Å². The van der Waals surface area contributed by atoms with Crippen LogP contribution in [0.5, 0.6) is 0 Å². The summed E-state index contributed by atoms with van der Waals surface area (Å²) in [6.45, 7) is 20.2. The van der Waals surface area contributed by atoms with Gasteiger partial charge in [0.15, 0.2) is 0 Å². The van der Waals surface area contributed by atoms with E-state index in [1.54, 1.807) is 0 Å². The van der Waals surface area contributed by atoms with Gasteiger partial charge in [-0.2, -0.15) is 0 Å². The van der Waals surface area contributed by atoms with E-state index in [2.05, 4.69) is 76.0 Å². The number of para-hydroxylation sites is 1. The van der Waals surface area contributed by atoms with E-state index in [1.807, 2.05) is 26.2 Å². The first-order valence-electron chi connectivity index (χ1n) is 8.90. The van der Waals surface area contributed by atoms with Crippen LogP contribution in [-0.4, -0.2) is 48.9 Å². The molecule has 0 N–H and O–H groups in total. The molecule has 0 aliphatic heterocycles. The maximum absolute atomic E-state index is 14.3. The Hall–Kier alpha value is -0.442. The van der Waals surface area contributed by atoms with E-state index in [4.69, 9.17) is 0 Å². The molecule has 0 atom stereocenters. The second-order valence-electron chi connectivity index (χ2n) is 10.2. The van der Waals surface area contributed by atoms with Gasteiger partial charge < -0.3 is 9.69 Å². The Balaban J connectivity index is 3.86. The van der Waals surface area contributed by atoms with Crippen molar-refractivity contribution in [2.75, 3.05) is 19.0 Å². The number of hydrogen-bond acceptors (Lipinski definition) is 2. The molecule has 0 saturated carbocycles. The third-order valence-corrected chi connectivity index (χ3v) is 75.8. The summed E-state index contributed by atoms with van der Waals surface area (Å²) >= 11 is 0. The molecule has 24 heavy (non-hydrogen) atoms. The van der Waals surface area contributed by atoms with Crippen LogP contribution in [-0.2, 0) is 0 Å². The number of carbonyl (C=O) groups is 1. The lowest BCUT2D eigenvalue weighted by atomic mass is 10.2. The van der Waals surface area contributed by atoms with Crippen molar-refractivity contribution in [2.24, 2.45) is 0 Å². The third-order valence-electron chi connectivity index (χ3n) is 5.35. The normalized spacial score (nSPS) is 13.8. The van der Waals surface area contributed by atoms with Crippen LogP contribution in [0.15, 0.2) is 24.3 Å². The van der Waals surface area contributed by atoms with E-state index < -0.39 is 29.4 Å². The Morgan fingerprint density at radius 2 is 1.12 bits per heavy atom. The first-order chi connectivity index (χ1) is 10.6. The zero-order valence-corrected chi connectivity index (χ0v) is 21.7. The average Bonchev–Trinajstić information content (AvgIpc) is 2.33. The highest BCUT2D eigenvalue weighted by Crippen LogP contribution is 2.40. The van der Waals surface area contributed by atoms with E-state index in [-0.39, 0.29) is 0 Å². The summed E-state index contributed by atoms with van der Waals surface area (Å²) in [6, 6.07) is 8.27. The van der Waals surface area contributed by atoms with Crippen LogP contribution in [0.3, 0.4) is 0 Å². The predicted molar refractivity (Wildman–Crippen MR) is 121 cm³/mol. The van der Waals surface area contributed by atoms with Crippen molar-refractivity contribution < 1.29 is 4.79 Å². The van der Waals surface area contributed by atoms with Gasteiger partial charge in [-0.25, -0.2) is 0 Å². The van der Waals surface area contributed by atoms with Gasteiger partial charge in [0.05, 0.1) is 0 Å². The number of anilines is 1. The van der Waals surface area contributed by atoms with Gasteiger partial charge in [0, 0.05) is 48.1 Å². The molecule has 0 radical (unpaired) electrons. The lowest BCUT2D eigenvalue weighted by Gasteiger charge is -2.55. The van der Waals surface area contributed by atoms with E-state index in [9.17, 15) is 4.79 Å². The molecule has 136 valence electrons. The van der Waals surface area contributed by atoms with Crippen LogP contribution in [0, 0.1) is 0 Å². The molecule has 0 aliphatic carbocycles. The molecule has 1 aromatic carbocycles. The molecule has 0 aliphatic rings. The van der Waals surface area contributed by atoms with Gasteiger partial charge >= 0.3 is 0 Å². The Morgan fingerprint density at radius 1 is 0.750 bits per heavy atom. The quantitative estimate of drug-likeness (QED) is 0.619. The van der Waals surface area contributed by atoms with Gasteiger partial charge in [-0.1, -0.05) is 71.1 Å². The fourth-order valence-electron chi connectivity index (χ4n) is 5.65. The number of nitrogens with zero attached hydrogens (tertiary/aromatic N) is 1. The van der Waals surface area contributed by atoms with E-state index in [0.717, 1.165) is 11.3 Å². The lowest BCUT2D eigenvalue weighted by molar-refractivity contribution is 0.107. The zero-order valence-electron chi connectivity index (χ0n) is 17.7. The maximum Gasteiger partial charge on any atom is 0.134 e. The van der Waals surface area contributed by atoms with Gasteiger partial charge in [-0.15, -0.1) is 0 Å². The number of rotatable bonds is 6. The Morgan fingerprint density at radius 3 is 1.46 bits per heavy atom. The molecule has 6 heteroatoms. The van der Waals surface area contributed by atoms with Crippen molar-refractivity contribution in [2.45, 2.75) is 58.9 Å². The predicted octanol–water partition coefficient (Wildman–Crippen LogP) is 5.17. The Labute approximate surface area is 153 Å². The first-order valence-corrected chi connectivity index (χ1v) is 24.4. The van der Waals surface area contributed by atoms with Gasteiger partial charge in [-0.3, -0.25) is 0 Å². The third kappa shape index (κ3) is 3.43. The first kappa shape index (κ1) is 21.6. The van der Waals surface area contributed by atoms with Crippen LogP contribution in [0.1, 0.15) is 10.4 Å². The second kappa shape index (κ2) is 6.70. The standard InChI is InChI=1S/C18H37NOSi4/c1-19(2)17-15-13-12-14-16(17)18(20)24(21(3,4)5,22(6,7)8)23(9,10)11/h12-15H,1-11H3. The van der Waals surface area contributed by atoms with E-state index in [1.165, 1.54) is 0 Å². The summed E-state index contributed by atoms with van der Waals surface area (Å²) < 4.78 is 0. The highest BCUT2D eigenvalue weighted by atomic mass is 29.9. The van der Waals surface area contributed by atoms with E-state index >= 15 is 0 Å². The average molecular weight is 396 g/mol. The van der Waals surface area contributed by atoms with Crippen LogP contribution < -0.4 is 4.90 Å². The summed E-state index contributed by atoms with van der Waals surface area (Å²) in [7, 11) is -0.754. The van der Waals surface area contributed by atoms with Crippen LogP contribution in [0.25, 0.3) is 0 Å². The maximum atomic E-state index is 14.3. The molecule has 0 aromatic heterocycles. The number of benzene rings is 1. The molecular formula is C18H37NOSi4. The largest absolute Gasteiger partial charge is 0.377 e. The van der Waals surface area contributed by atoms with Gasteiger partial charge in [0.25, 0.3) is 0 Å². The Kier molecular flexibility index (Phi) is 6.03. The van der Waals surface area contributed by atoms with Gasteiger partial charge in [0.1, 0.15) is 12.0 Å². The smallest absolute Gasteiger partial charge is 0.134 e. The molecule has 2 nitrogen and oxygen atoms in total. The summed E-state index contributed by atoms with van der Waals surface area (Å²) in [6.07, 6.45) is 0. The molecule has 0 heterocycles. The Bertz CT molecular complexity index is 571. The van der Waals surface area contributed by atoms with Crippen molar-refractivity contribution in [1.82, 2.24) is 0 Å². The van der Waals surface area contributed by atoms with Crippen LogP contribution in [0.2, 0.25) is 58.9 Å². The molecule has 0 fully saturated rings. The zero-order chi connectivity index (χ0) is 19.1. The van der Waals surface area contributed by atoms with Gasteiger partial charge in [-0.05, 0) is 12.1 Å². The molecule has 0 saturated heterocycles. The SMILES string of the molecule is CN(C)c1ccccc1C(=O)[Si]([Si](C)(C)C)([Si](C)(C)C)[Si](C)(C)C. The summed E-state index contributed by atoms with van der Waals surface area (Å²) in [5, 5.41) is 0.573. The fraction of sp³-hybridized carbons (Fsp3) is 0.611. The van der Waals surface area contributed by atoms with Crippen molar-refractivity contribution in [3.8, 4) is 0 Å². The van der Waals surface area contributed by atoms with Crippen molar-refractivity contribution in [1.29, 1.82) is 0 Å². The molecular weight excluding hydrogens is 359 g/mol. The van der Waals surface area contributed by atoms with E-state index in [0.29, 0.717) is 5.41 Å². The molecule has 1 rings (SSSR count). The number of carbonyl (C=O) groups excluding carboxylic acids is 1. The molecule has 0 bridgehead atoms. The number of hydrogen-bond donors (Lipinski definition) is 0. The van der Waals surface area contributed by atoms with Crippen molar-refractivity contribution in [3.05, 3.63) is 29.8 Å². The lowest BCUT2D eigenvalue weighted by Crippen LogP contribution is -2.86. The molecule has 1 aromatic rings. The van der Waals surface area contributed by atoms with Gasteiger partial charge in [0.2, 0.25) is 0 Å². The topological polar surface area (TPSA) is 20.3 Å². The van der Waals surface area contributed by atoms with Crippen LogP contribution >= 0.6 is 0 Å². The van der Waals surface area contributed by atoms with Crippen molar-refractivity contribution >= 4 is 40.5 Å². The molecule has 0 spiro atoms. The molecule has 0 unspecified atom stereocenters. The minimum absolute atomic E-state index is 0.573. The fourth-order valence-corrected chi connectivity index (χ4v) is 103. The highest BCUT2D eigenvalue weighted by molar-refractivity contribution is 7.97. The minimum Gasteiger partial charge on any atom is -0.377 e. The van der Waals surface area contributed by atoms with Crippen molar-refractivity contribution in [3.63, 3.8) is 0 Å².